The second kappa shape index (κ2) is 8.61. The van der Waals surface area contributed by atoms with Crippen LogP contribution in [0, 0.1) is 0 Å². The molecule has 13 heteroatoms. The number of aryl methyl sites for hydroxylation is 1. The van der Waals surface area contributed by atoms with E-state index >= 15 is 0 Å². The first-order valence-corrected chi connectivity index (χ1v) is 9.53. The van der Waals surface area contributed by atoms with E-state index in [1.54, 1.807) is 0 Å². The summed E-state index contributed by atoms with van der Waals surface area (Å²) in [6.07, 6.45) is -3.87. The number of halogens is 3. The van der Waals surface area contributed by atoms with Crippen LogP contribution in [0.15, 0.2) is 41.6 Å². The monoisotopic (exact) mass is 434 g/mol. The summed E-state index contributed by atoms with van der Waals surface area (Å²) in [6.45, 7) is 0.354. The van der Waals surface area contributed by atoms with E-state index in [1.807, 2.05) is 10.0 Å². The van der Waals surface area contributed by atoms with E-state index in [1.165, 1.54) is 24.0 Å². The number of anilines is 1. The summed E-state index contributed by atoms with van der Waals surface area (Å²) >= 11 is 0. The Labute approximate surface area is 163 Å². The second-order valence-electron chi connectivity index (χ2n) is 5.84. The third-order valence-corrected chi connectivity index (χ3v) is 4.92. The summed E-state index contributed by atoms with van der Waals surface area (Å²) in [5.41, 5.74) is -1.55. The number of alkyl halides is 3. The molecule has 0 saturated carbocycles. The van der Waals surface area contributed by atoms with E-state index in [0.717, 1.165) is 31.3 Å². The number of carbonyl (C=O) groups excluding carboxylic acids is 2. The van der Waals surface area contributed by atoms with Crippen molar-refractivity contribution >= 4 is 27.6 Å². The van der Waals surface area contributed by atoms with Gasteiger partial charge in [0.2, 0.25) is 10.0 Å². The molecule has 1 atom stereocenters. The van der Waals surface area contributed by atoms with Crippen LogP contribution in [0.5, 0.6) is 0 Å². The Morgan fingerprint density at radius 2 is 1.93 bits per heavy atom. The summed E-state index contributed by atoms with van der Waals surface area (Å²) in [5.74, 6) is -2.10. The Morgan fingerprint density at radius 3 is 2.52 bits per heavy atom. The second-order valence-corrected chi connectivity index (χ2v) is 7.61. The molecular weight excluding hydrogens is 417 g/mol. The number of sulfonamides is 1. The van der Waals surface area contributed by atoms with Crippen LogP contribution in [-0.4, -0.2) is 42.7 Å². The highest BCUT2D eigenvalue weighted by Gasteiger charge is 2.34. The molecule has 1 heterocycles. The van der Waals surface area contributed by atoms with Crippen LogP contribution in [0.3, 0.4) is 0 Å². The zero-order chi connectivity index (χ0) is 21.8. The van der Waals surface area contributed by atoms with Gasteiger partial charge in [-0.2, -0.15) is 23.0 Å². The Hall–Kier alpha value is -2.93. The van der Waals surface area contributed by atoms with Crippen LogP contribution >= 0.6 is 0 Å². The fraction of sp³-hybridized carbons (Fsp3) is 0.312. The lowest BCUT2D eigenvalue weighted by molar-refractivity contribution is -0.152. The molecule has 0 spiro atoms. The summed E-state index contributed by atoms with van der Waals surface area (Å²) < 4.78 is 70.8. The highest BCUT2D eigenvalue weighted by atomic mass is 32.2. The van der Waals surface area contributed by atoms with E-state index in [-0.39, 0.29) is 4.90 Å². The molecule has 0 radical (unpaired) electrons. The molecule has 1 aromatic heterocycles. The summed E-state index contributed by atoms with van der Waals surface area (Å²) in [5, 5.41) is 5.73. The first-order chi connectivity index (χ1) is 13.4. The number of ether oxygens (including phenoxy) is 1. The van der Waals surface area contributed by atoms with E-state index < -0.39 is 52.0 Å². The maximum Gasteiger partial charge on any atom is 0.418 e. The van der Waals surface area contributed by atoms with Gasteiger partial charge < -0.3 is 10.1 Å². The number of carbonyl (C=O) groups is 2. The number of rotatable bonds is 7. The molecule has 0 bridgehead atoms. The maximum atomic E-state index is 13.0. The SMILES string of the molecule is CC(OC(=O)CNS(=O)(=O)c1cnn(C)c1)C(=O)Nc1ccccc1C(F)(F)F. The summed E-state index contributed by atoms with van der Waals surface area (Å²) in [7, 11) is -2.52. The zero-order valence-electron chi connectivity index (χ0n) is 15.2. The van der Waals surface area contributed by atoms with Crippen molar-refractivity contribution in [3.63, 3.8) is 0 Å². The van der Waals surface area contributed by atoms with Gasteiger partial charge >= 0.3 is 12.1 Å². The van der Waals surface area contributed by atoms with E-state index in [2.05, 4.69) is 5.10 Å². The van der Waals surface area contributed by atoms with Gasteiger partial charge in [0, 0.05) is 13.2 Å². The molecule has 2 N–H and O–H groups in total. The van der Waals surface area contributed by atoms with Crippen LogP contribution in [0.4, 0.5) is 18.9 Å². The molecule has 0 saturated heterocycles. The van der Waals surface area contributed by atoms with Crippen LogP contribution in [0.25, 0.3) is 0 Å². The van der Waals surface area contributed by atoms with Gasteiger partial charge in [0.15, 0.2) is 6.10 Å². The number of hydrogen-bond donors (Lipinski definition) is 2. The molecule has 0 aliphatic rings. The number of nitrogens with one attached hydrogen (secondary N) is 2. The van der Waals surface area contributed by atoms with Crippen LogP contribution < -0.4 is 10.0 Å². The Morgan fingerprint density at radius 1 is 1.28 bits per heavy atom. The standard InChI is InChI=1S/C16H17F3N4O5S/c1-10(15(25)22-13-6-4-3-5-12(13)16(17,18)19)28-14(24)8-21-29(26,27)11-7-20-23(2)9-11/h3-7,9-10,21H,8H2,1-2H3,(H,22,25). The van der Waals surface area contributed by atoms with Crippen molar-refractivity contribution in [2.45, 2.75) is 24.1 Å². The summed E-state index contributed by atoms with van der Waals surface area (Å²) in [6, 6.07) is 4.31. The molecule has 0 fully saturated rings. The van der Waals surface area contributed by atoms with Crippen molar-refractivity contribution in [2.75, 3.05) is 11.9 Å². The number of hydrogen-bond acceptors (Lipinski definition) is 6. The molecule has 1 amide bonds. The molecule has 2 aromatic rings. The molecule has 1 unspecified atom stereocenters. The highest BCUT2D eigenvalue weighted by Crippen LogP contribution is 2.34. The van der Waals surface area contributed by atoms with E-state index in [9.17, 15) is 31.2 Å². The third kappa shape index (κ3) is 6.02. The largest absolute Gasteiger partial charge is 0.452 e. The fourth-order valence-electron chi connectivity index (χ4n) is 2.14. The average Bonchev–Trinajstić information content (AvgIpc) is 3.07. The number of para-hydroxylation sites is 1. The van der Waals surface area contributed by atoms with Crippen molar-refractivity contribution in [2.24, 2.45) is 7.05 Å². The van der Waals surface area contributed by atoms with E-state index in [0.29, 0.717) is 0 Å². The third-order valence-electron chi connectivity index (χ3n) is 3.57. The molecule has 9 nitrogen and oxygen atoms in total. The van der Waals surface area contributed by atoms with Crippen LogP contribution in [0.1, 0.15) is 12.5 Å². The molecule has 29 heavy (non-hydrogen) atoms. The van der Waals surface area contributed by atoms with Gasteiger partial charge in [-0.25, -0.2) is 8.42 Å². The zero-order valence-corrected chi connectivity index (χ0v) is 16.0. The highest BCUT2D eigenvalue weighted by molar-refractivity contribution is 7.89. The lowest BCUT2D eigenvalue weighted by atomic mass is 10.1. The maximum absolute atomic E-state index is 13.0. The Bertz CT molecular complexity index is 1000. The Balaban J connectivity index is 1.94. The van der Waals surface area contributed by atoms with Gasteiger partial charge in [0.1, 0.15) is 11.4 Å². The molecule has 2 rings (SSSR count). The molecule has 158 valence electrons. The Kier molecular flexibility index (Phi) is 6.64. The van der Waals surface area contributed by atoms with Gasteiger partial charge in [-0.1, -0.05) is 12.1 Å². The number of amides is 1. The molecular formula is C16H17F3N4O5S. The quantitative estimate of drug-likeness (QED) is 0.634. The lowest BCUT2D eigenvalue weighted by Gasteiger charge is -2.17. The number of nitrogens with zero attached hydrogens (tertiary/aromatic N) is 2. The van der Waals surface area contributed by atoms with Crippen LogP contribution in [-0.2, 0) is 37.6 Å². The molecule has 0 aliphatic carbocycles. The summed E-state index contributed by atoms with van der Waals surface area (Å²) in [4.78, 5) is 23.7. The number of benzene rings is 1. The minimum atomic E-state index is -4.69. The topological polar surface area (TPSA) is 119 Å². The number of aromatic nitrogens is 2. The first-order valence-electron chi connectivity index (χ1n) is 8.05. The van der Waals surface area contributed by atoms with Gasteiger partial charge in [0.05, 0.1) is 17.4 Å². The fourth-order valence-corrected chi connectivity index (χ4v) is 3.09. The smallest absolute Gasteiger partial charge is 0.418 e. The first kappa shape index (κ1) is 22.4. The predicted molar refractivity (Wildman–Crippen MR) is 94.0 cm³/mol. The van der Waals surface area contributed by atoms with Crippen molar-refractivity contribution in [1.29, 1.82) is 0 Å². The number of esters is 1. The van der Waals surface area contributed by atoms with Crippen molar-refractivity contribution in [3.8, 4) is 0 Å². The van der Waals surface area contributed by atoms with Gasteiger partial charge in [0.25, 0.3) is 5.91 Å². The minimum absolute atomic E-state index is 0.178. The normalized spacial score (nSPS) is 13.0. The van der Waals surface area contributed by atoms with Gasteiger partial charge in [-0.15, -0.1) is 0 Å². The molecule has 1 aromatic carbocycles. The average molecular weight is 434 g/mol. The minimum Gasteiger partial charge on any atom is -0.452 e. The lowest BCUT2D eigenvalue weighted by Crippen LogP contribution is -2.36. The predicted octanol–water partition coefficient (Wildman–Crippen LogP) is 1.29. The van der Waals surface area contributed by atoms with E-state index in [4.69, 9.17) is 4.74 Å². The van der Waals surface area contributed by atoms with Gasteiger partial charge in [-0.05, 0) is 19.1 Å². The molecule has 0 aliphatic heterocycles. The van der Waals surface area contributed by atoms with Crippen LogP contribution in [0.2, 0.25) is 0 Å². The van der Waals surface area contributed by atoms with Crippen molar-refractivity contribution in [1.82, 2.24) is 14.5 Å². The van der Waals surface area contributed by atoms with Crippen molar-refractivity contribution in [3.05, 3.63) is 42.2 Å². The van der Waals surface area contributed by atoms with Gasteiger partial charge in [-0.3, -0.25) is 14.3 Å². The van der Waals surface area contributed by atoms with Crippen molar-refractivity contribution < 1.29 is 35.9 Å².